The Hall–Kier alpha value is -3.67. The highest BCUT2D eigenvalue weighted by atomic mass is 16.1. The van der Waals surface area contributed by atoms with Crippen molar-refractivity contribution in [2.45, 2.75) is 61.3 Å². The third kappa shape index (κ3) is 12.7. The van der Waals surface area contributed by atoms with Gasteiger partial charge in [0.25, 0.3) is 0 Å². The summed E-state index contributed by atoms with van der Waals surface area (Å²) in [4.78, 5) is 21.6. The van der Waals surface area contributed by atoms with E-state index in [4.69, 9.17) is 5.73 Å². The van der Waals surface area contributed by atoms with E-state index in [0.717, 1.165) is 35.3 Å². The van der Waals surface area contributed by atoms with Crippen molar-refractivity contribution in [3.63, 3.8) is 0 Å². The van der Waals surface area contributed by atoms with Gasteiger partial charge in [0, 0.05) is 49.2 Å². The fourth-order valence-corrected chi connectivity index (χ4v) is 3.07. The number of allylic oxidation sites excluding steroid dienone is 11. The van der Waals surface area contributed by atoms with Crippen molar-refractivity contribution >= 4 is 18.2 Å². The molecule has 0 spiro atoms. The first-order valence-electron chi connectivity index (χ1n) is 12.3. The van der Waals surface area contributed by atoms with E-state index in [1.807, 2.05) is 58.3 Å². The Balaban J connectivity index is 5.39. The number of hydrogen-bond acceptors (Lipinski definition) is 6. The number of carbonyl (C=O) groups excluding carboxylic acids is 1. The number of likely N-dealkylation sites (N-methyl/N-ethyl adjacent to an activating group) is 1. The summed E-state index contributed by atoms with van der Waals surface area (Å²) in [6, 6.07) is 0. The molecule has 0 fully saturated rings. The van der Waals surface area contributed by atoms with Gasteiger partial charge in [-0.25, -0.2) is 4.99 Å². The third-order valence-corrected chi connectivity index (χ3v) is 5.17. The van der Waals surface area contributed by atoms with Crippen molar-refractivity contribution in [1.82, 2.24) is 10.6 Å². The van der Waals surface area contributed by atoms with Crippen LogP contribution >= 0.6 is 0 Å². The Morgan fingerprint density at radius 1 is 0.972 bits per heavy atom. The molecule has 0 saturated heterocycles. The fraction of sp³-hybridized carbons (Fsp3) is 0.367. The number of ketones is 1. The summed E-state index contributed by atoms with van der Waals surface area (Å²) in [5.74, 6) is 0.321. The van der Waals surface area contributed by atoms with Crippen LogP contribution in [0.4, 0.5) is 0 Å². The zero-order valence-corrected chi connectivity index (χ0v) is 23.4. The van der Waals surface area contributed by atoms with E-state index in [-0.39, 0.29) is 12.3 Å². The molecule has 6 heteroatoms. The minimum atomic E-state index is -0.117. The first-order valence-corrected chi connectivity index (χ1v) is 12.3. The van der Waals surface area contributed by atoms with Gasteiger partial charge in [-0.05, 0) is 81.9 Å². The number of Topliss-reactive ketones (excluding diaryl/α,β-unsaturated/α-hetero) is 1. The predicted molar refractivity (Wildman–Crippen MR) is 158 cm³/mol. The lowest BCUT2D eigenvalue weighted by Crippen LogP contribution is -2.23. The summed E-state index contributed by atoms with van der Waals surface area (Å²) in [5, 5.41) is 6.26. The first-order chi connectivity index (χ1) is 17.1. The molecule has 0 unspecified atom stereocenters. The molecule has 0 aromatic heterocycles. The number of aliphatic imine (C=N–C) groups is 2. The third-order valence-electron chi connectivity index (χ3n) is 5.17. The molecular formula is C30H45N5O. The molecule has 0 amide bonds. The highest BCUT2D eigenvalue weighted by Crippen LogP contribution is 2.12. The van der Waals surface area contributed by atoms with Crippen molar-refractivity contribution in [3.8, 4) is 0 Å². The summed E-state index contributed by atoms with van der Waals surface area (Å²) in [6.07, 6.45) is 18.9. The molecule has 36 heavy (non-hydrogen) atoms. The quantitative estimate of drug-likeness (QED) is 0.144. The normalized spacial score (nSPS) is 15.2. The molecule has 0 saturated carbocycles. The van der Waals surface area contributed by atoms with E-state index < -0.39 is 0 Å². The van der Waals surface area contributed by atoms with Crippen molar-refractivity contribution in [3.05, 3.63) is 94.3 Å². The first kappa shape index (κ1) is 32.3. The number of nitrogens with one attached hydrogen (secondary N) is 2. The molecule has 0 aliphatic rings. The zero-order valence-electron chi connectivity index (χ0n) is 23.4. The van der Waals surface area contributed by atoms with Gasteiger partial charge in [0.1, 0.15) is 5.82 Å². The molecule has 4 N–H and O–H groups in total. The maximum absolute atomic E-state index is 13.0. The summed E-state index contributed by atoms with van der Waals surface area (Å²) < 4.78 is 0. The Morgan fingerprint density at radius 2 is 1.64 bits per heavy atom. The van der Waals surface area contributed by atoms with Crippen LogP contribution in [-0.2, 0) is 4.79 Å². The average Bonchev–Trinajstić information content (AvgIpc) is 2.83. The van der Waals surface area contributed by atoms with E-state index in [1.165, 1.54) is 0 Å². The maximum atomic E-state index is 13.0. The Bertz CT molecular complexity index is 1020. The molecule has 0 aliphatic carbocycles. The molecule has 0 aromatic carbocycles. The summed E-state index contributed by atoms with van der Waals surface area (Å²) >= 11 is 0. The molecular weight excluding hydrogens is 446 g/mol. The molecule has 0 bridgehead atoms. The number of nitrogens with zero attached hydrogens (tertiary/aromatic N) is 2. The van der Waals surface area contributed by atoms with Gasteiger partial charge >= 0.3 is 0 Å². The number of carbonyl (C=O) groups is 1. The molecule has 0 heterocycles. The molecule has 196 valence electrons. The topological polar surface area (TPSA) is 91.9 Å². The fourth-order valence-electron chi connectivity index (χ4n) is 3.07. The van der Waals surface area contributed by atoms with Crippen LogP contribution in [-0.4, -0.2) is 31.8 Å². The van der Waals surface area contributed by atoms with Crippen molar-refractivity contribution in [2.75, 3.05) is 13.6 Å². The summed E-state index contributed by atoms with van der Waals surface area (Å²) in [5.41, 5.74) is 11.7. The van der Waals surface area contributed by atoms with E-state index in [1.54, 1.807) is 26.3 Å². The van der Waals surface area contributed by atoms with Gasteiger partial charge in [-0.1, -0.05) is 44.7 Å². The van der Waals surface area contributed by atoms with Gasteiger partial charge < -0.3 is 16.4 Å². The molecule has 0 radical (unpaired) electrons. The lowest BCUT2D eigenvalue weighted by molar-refractivity contribution is -0.112. The second-order valence-corrected chi connectivity index (χ2v) is 8.22. The van der Waals surface area contributed by atoms with Crippen LogP contribution in [0, 0.1) is 0 Å². The summed E-state index contributed by atoms with van der Waals surface area (Å²) in [7, 11) is 1.87. The standard InChI is InChI=1S/C30H45N5O/c1-10-13-23(5)29(32-9)16-15-24(6)30(36)28(25(7)31)21-35-26(8)34-19-17-22(4)27(14-11-2)20-33-18-12-3/h12-20,32,35H,8,10-11,21,31H2,1-7,9H3/b18-12-,22-17+,23-13+,24-15+,27-14-,28-25-,29-16+,33-20-,34-19-. The van der Waals surface area contributed by atoms with E-state index in [2.05, 4.69) is 53.2 Å². The second kappa shape index (κ2) is 18.6. The Kier molecular flexibility index (Phi) is 16.7. The van der Waals surface area contributed by atoms with E-state index in [0.29, 0.717) is 22.7 Å². The predicted octanol–water partition coefficient (Wildman–Crippen LogP) is 6.21. The van der Waals surface area contributed by atoms with Crippen LogP contribution in [0.25, 0.3) is 0 Å². The maximum Gasteiger partial charge on any atom is 0.188 e. The molecule has 0 aromatic rings. The SMILES string of the molecule is C=C(\N=C/C=C(C)/C(/C=N\C=C/C)=C\CC)NC/C(C(=O)/C(C)=C/C=C(NC)\C(C)=C\CC)=C(\C)N. The second-order valence-electron chi connectivity index (χ2n) is 8.22. The van der Waals surface area contributed by atoms with E-state index in [9.17, 15) is 4.79 Å². The largest absolute Gasteiger partial charge is 0.402 e. The van der Waals surface area contributed by atoms with Crippen LogP contribution < -0.4 is 16.4 Å². The van der Waals surface area contributed by atoms with E-state index >= 15 is 0 Å². The Morgan fingerprint density at radius 3 is 2.19 bits per heavy atom. The van der Waals surface area contributed by atoms with Crippen LogP contribution in [0.15, 0.2) is 104 Å². The number of rotatable bonds is 15. The van der Waals surface area contributed by atoms with Gasteiger partial charge in [-0.3, -0.25) is 9.79 Å². The van der Waals surface area contributed by atoms with Crippen LogP contribution in [0.5, 0.6) is 0 Å². The zero-order chi connectivity index (χ0) is 27.5. The van der Waals surface area contributed by atoms with Gasteiger partial charge in [0.15, 0.2) is 5.78 Å². The average molecular weight is 492 g/mol. The molecule has 0 atom stereocenters. The van der Waals surface area contributed by atoms with Crippen LogP contribution in [0.3, 0.4) is 0 Å². The minimum Gasteiger partial charge on any atom is -0.402 e. The monoisotopic (exact) mass is 491 g/mol. The van der Waals surface area contributed by atoms with Crippen molar-refractivity contribution in [2.24, 2.45) is 15.7 Å². The number of nitrogens with two attached hydrogens (primary N) is 1. The smallest absolute Gasteiger partial charge is 0.188 e. The van der Waals surface area contributed by atoms with Crippen molar-refractivity contribution in [1.29, 1.82) is 0 Å². The highest BCUT2D eigenvalue weighted by Gasteiger charge is 2.14. The van der Waals surface area contributed by atoms with Crippen LogP contribution in [0.1, 0.15) is 61.3 Å². The van der Waals surface area contributed by atoms with Gasteiger partial charge in [-0.2, -0.15) is 0 Å². The van der Waals surface area contributed by atoms with Gasteiger partial charge in [0.05, 0.1) is 0 Å². The molecule has 6 nitrogen and oxygen atoms in total. The summed E-state index contributed by atoms with van der Waals surface area (Å²) in [6.45, 7) is 17.8. The molecule has 0 aliphatic heterocycles. The van der Waals surface area contributed by atoms with Crippen molar-refractivity contribution < 1.29 is 4.79 Å². The minimum absolute atomic E-state index is 0.117. The lowest BCUT2D eigenvalue weighted by atomic mass is 10.0. The van der Waals surface area contributed by atoms with Gasteiger partial charge in [-0.15, -0.1) is 0 Å². The van der Waals surface area contributed by atoms with Gasteiger partial charge in [0.2, 0.25) is 0 Å². The highest BCUT2D eigenvalue weighted by molar-refractivity contribution is 6.08. The van der Waals surface area contributed by atoms with Crippen LogP contribution in [0.2, 0.25) is 0 Å². The Labute approximate surface area is 218 Å². The number of hydrogen-bond donors (Lipinski definition) is 3. The lowest BCUT2D eigenvalue weighted by Gasteiger charge is -2.11. The molecule has 0 rings (SSSR count).